The Bertz CT molecular complexity index is 628. The van der Waals surface area contributed by atoms with Crippen molar-refractivity contribution in [3.05, 3.63) is 28.8 Å². The molecule has 0 bridgehead atoms. The minimum Gasteiger partial charge on any atom is -0.454 e. The molecule has 0 saturated carbocycles. The number of ether oxygens (including phenoxy) is 2. The number of nitrogens with zero attached hydrogens (tertiary/aromatic N) is 2. The molecular weight excluding hydrogens is 236 g/mol. The van der Waals surface area contributed by atoms with Gasteiger partial charge in [-0.15, -0.1) is 11.3 Å². The van der Waals surface area contributed by atoms with Crippen molar-refractivity contribution < 1.29 is 9.47 Å². The molecule has 2 aromatic rings. The summed E-state index contributed by atoms with van der Waals surface area (Å²) >= 11 is 1.51. The Morgan fingerprint density at radius 2 is 2.18 bits per heavy atom. The molecule has 2 heterocycles. The van der Waals surface area contributed by atoms with Crippen LogP contribution in [0.1, 0.15) is 10.6 Å². The fourth-order valence-corrected chi connectivity index (χ4v) is 2.51. The van der Waals surface area contributed by atoms with E-state index in [9.17, 15) is 0 Å². The van der Waals surface area contributed by atoms with Crippen molar-refractivity contribution in [3.8, 4) is 28.1 Å². The van der Waals surface area contributed by atoms with Crippen LogP contribution < -0.4 is 9.47 Å². The first-order valence-electron chi connectivity index (χ1n) is 5.05. The Balaban J connectivity index is 2.07. The number of hydrogen-bond acceptors (Lipinski definition) is 5. The number of thiazole rings is 1. The molecule has 0 aliphatic carbocycles. The van der Waals surface area contributed by atoms with Crippen LogP contribution in [-0.2, 0) is 0 Å². The van der Waals surface area contributed by atoms with Crippen molar-refractivity contribution in [3.63, 3.8) is 0 Å². The molecule has 5 heteroatoms. The van der Waals surface area contributed by atoms with Gasteiger partial charge in [0, 0.05) is 10.4 Å². The summed E-state index contributed by atoms with van der Waals surface area (Å²) in [5.41, 5.74) is 1.44. The quantitative estimate of drug-likeness (QED) is 0.774. The van der Waals surface area contributed by atoms with Gasteiger partial charge in [-0.3, -0.25) is 0 Å². The van der Waals surface area contributed by atoms with E-state index in [0.717, 1.165) is 26.9 Å². The van der Waals surface area contributed by atoms with E-state index in [1.807, 2.05) is 25.1 Å². The summed E-state index contributed by atoms with van der Waals surface area (Å²) in [6, 6.07) is 7.76. The summed E-state index contributed by atoms with van der Waals surface area (Å²) in [5.74, 6) is 1.48. The summed E-state index contributed by atoms with van der Waals surface area (Å²) in [6.45, 7) is 2.16. The van der Waals surface area contributed by atoms with Gasteiger partial charge in [-0.25, -0.2) is 4.98 Å². The number of fused-ring (bicyclic) bond motifs is 1. The molecule has 0 spiro atoms. The zero-order chi connectivity index (χ0) is 11.8. The number of benzene rings is 1. The maximum atomic E-state index is 8.88. The third-order valence-corrected chi connectivity index (χ3v) is 3.54. The van der Waals surface area contributed by atoms with E-state index in [0.29, 0.717) is 5.69 Å². The average molecular weight is 244 g/mol. The van der Waals surface area contributed by atoms with E-state index < -0.39 is 0 Å². The van der Waals surface area contributed by atoms with E-state index in [1.54, 1.807) is 0 Å². The molecular formula is C12H8N2O2S. The van der Waals surface area contributed by atoms with Gasteiger partial charge in [0.1, 0.15) is 11.1 Å². The smallest absolute Gasteiger partial charge is 0.231 e. The summed E-state index contributed by atoms with van der Waals surface area (Å²) < 4.78 is 10.6. The second kappa shape index (κ2) is 3.75. The molecule has 17 heavy (non-hydrogen) atoms. The lowest BCUT2D eigenvalue weighted by atomic mass is 10.2. The first-order chi connectivity index (χ1) is 8.28. The fraction of sp³-hybridized carbons (Fsp3) is 0.167. The first kappa shape index (κ1) is 10.1. The standard InChI is InChI=1S/C12H8N2O2S/c1-7-9(5-13)14-12(17-7)8-2-3-10-11(4-8)16-6-15-10/h2-4H,6H2,1H3. The zero-order valence-electron chi connectivity index (χ0n) is 9.06. The van der Waals surface area contributed by atoms with Gasteiger partial charge in [0.05, 0.1) is 0 Å². The van der Waals surface area contributed by atoms with Gasteiger partial charge < -0.3 is 9.47 Å². The van der Waals surface area contributed by atoms with Crippen LogP contribution in [0.2, 0.25) is 0 Å². The van der Waals surface area contributed by atoms with Crippen LogP contribution in [0.3, 0.4) is 0 Å². The molecule has 0 saturated heterocycles. The first-order valence-corrected chi connectivity index (χ1v) is 5.87. The fourth-order valence-electron chi connectivity index (χ4n) is 1.65. The average Bonchev–Trinajstić information content (AvgIpc) is 2.93. The maximum absolute atomic E-state index is 8.88. The number of hydrogen-bond donors (Lipinski definition) is 0. The molecule has 0 unspecified atom stereocenters. The summed E-state index contributed by atoms with van der Waals surface area (Å²) in [4.78, 5) is 5.22. The monoisotopic (exact) mass is 244 g/mol. The van der Waals surface area contributed by atoms with Crippen LogP contribution >= 0.6 is 11.3 Å². The third kappa shape index (κ3) is 1.63. The summed E-state index contributed by atoms with van der Waals surface area (Å²) in [6.07, 6.45) is 0. The SMILES string of the molecule is Cc1sc(-c2ccc3c(c2)OCO3)nc1C#N. The molecule has 3 rings (SSSR count). The van der Waals surface area contributed by atoms with Crippen molar-refractivity contribution in [1.82, 2.24) is 4.98 Å². The van der Waals surface area contributed by atoms with Crippen LogP contribution in [0.25, 0.3) is 10.6 Å². The van der Waals surface area contributed by atoms with Gasteiger partial charge in [0.2, 0.25) is 6.79 Å². The molecule has 0 radical (unpaired) electrons. The lowest BCUT2D eigenvalue weighted by molar-refractivity contribution is 0.174. The van der Waals surface area contributed by atoms with Crippen molar-refractivity contribution in [2.45, 2.75) is 6.92 Å². The van der Waals surface area contributed by atoms with E-state index in [1.165, 1.54) is 11.3 Å². The molecule has 0 N–H and O–H groups in total. The topological polar surface area (TPSA) is 55.1 Å². The van der Waals surface area contributed by atoms with Gasteiger partial charge in [0.25, 0.3) is 0 Å². The zero-order valence-corrected chi connectivity index (χ0v) is 9.87. The van der Waals surface area contributed by atoms with Gasteiger partial charge in [0.15, 0.2) is 17.2 Å². The lowest BCUT2D eigenvalue weighted by Crippen LogP contribution is -1.92. The lowest BCUT2D eigenvalue weighted by Gasteiger charge is -1.98. The van der Waals surface area contributed by atoms with Crippen LogP contribution in [0.4, 0.5) is 0 Å². The van der Waals surface area contributed by atoms with Crippen LogP contribution in [0, 0.1) is 18.3 Å². The molecule has 0 fully saturated rings. The molecule has 1 aromatic heterocycles. The molecule has 4 nitrogen and oxygen atoms in total. The summed E-state index contributed by atoms with van der Waals surface area (Å²) in [5, 5.41) is 9.71. The van der Waals surface area contributed by atoms with Crippen molar-refractivity contribution in [2.75, 3.05) is 6.79 Å². The molecule has 0 amide bonds. The molecule has 1 aliphatic rings. The maximum Gasteiger partial charge on any atom is 0.231 e. The number of rotatable bonds is 1. The molecule has 1 aliphatic heterocycles. The highest BCUT2D eigenvalue weighted by Crippen LogP contribution is 2.37. The van der Waals surface area contributed by atoms with Gasteiger partial charge in [-0.2, -0.15) is 5.26 Å². The van der Waals surface area contributed by atoms with Gasteiger partial charge >= 0.3 is 0 Å². The van der Waals surface area contributed by atoms with E-state index in [2.05, 4.69) is 11.1 Å². The second-order valence-corrected chi connectivity index (χ2v) is 4.81. The Hall–Kier alpha value is -2.06. The minimum atomic E-state index is 0.263. The highest BCUT2D eigenvalue weighted by Gasteiger charge is 2.16. The van der Waals surface area contributed by atoms with E-state index >= 15 is 0 Å². The third-order valence-electron chi connectivity index (χ3n) is 2.52. The van der Waals surface area contributed by atoms with Crippen molar-refractivity contribution in [2.24, 2.45) is 0 Å². The number of aryl methyl sites for hydroxylation is 1. The van der Waals surface area contributed by atoms with Crippen molar-refractivity contribution >= 4 is 11.3 Å². The Labute approximate surface area is 102 Å². The highest BCUT2D eigenvalue weighted by atomic mass is 32.1. The van der Waals surface area contributed by atoms with Gasteiger partial charge in [-0.05, 0) is 25.1 Å². The van der Waals surface area contributed by atoms with Crippen molar-refractivity contribution in [1.29, 1.82) is 5.26 Å². The predicted molar refractivity (Wildman–Crippen MR) is 63.1 cm³/mol. The predicted octanol–water partition coefficient (Wildman–Crippen LogP) is 2.72. The Morgan fingerprint density at radius 3 is 2.94 bits per heavy atom. The van der Waals surface area contributed by atoms with E-state index in [4.69, 9.17) is 14.7 Å². The normalized spacial score (nSPS) is 12.5. The molecule has 1 aromatic carbocycles. The Morgan fingerprint density at radius 1 is 1.35 bits per heavy atom. The second-order valence-electron chi connectivity index (χ2n) is 3.60. The van der Waals surface area contributed by atoms with Crippen LogP contribution in [0.15, 0.2) is 18.2 Å². The summed E-state index contributed by atoms with van der Waals surface area (Å²) in [7, 11) is 0. The van der Waals surface area contributed by atoms with Crippen LogP contribution in [0.5, 0.6) is 11.5 Å². The highest BCUT2D eigenvalue weighted by molar-refractivity contribution is 7.15. The number of aromatic nitrogens is 1. The number of nitriles is 1. The van der Waals surface area contributed by atoms with Crippen LogP contribution in [-0.4, -0.2) is 11.8 Å². The van der Waals surface area contributed by atoms with E-state index in [-0.39, 0.29) is 6.79 Å². The molecule has 0 atom stereocenters. The van der Waals surface area contributed by atoms with Gasteiger partial charge in [-0.1, -0.05) is 0 Å². The molecule has 84 valence electrons. The largest absolute Gasteiger partial charge is 0.454 e. The minimum absolute atomic E-state index is 0.263. The Kier molecular flexibility index (Phi) is 2.23.